The maximum Gasteiger partial charge on any atom is 0.262 e. The zero-order valence-corrected chi connectivity index (χ0v) is 19.2. The summed E-state index contributed by atoms with van der Waals surface area (Å²) in [6, 6.07) is 14.3. The minimum absolute atomic E-state index is 0.183. The summed E-state index contributed by atoms with van der Waals surface area (Å²) in [4.78, 5) is 14.2. The molecule has 5 nitrogen and oxygen atoms in total. The van der Waals surface area contributed by atoms with E-state index in [1.165, 1.54) is 11.3 Å². The van der Waals surface area contributed by atoms with Crippen LogP contribution >= 0.6 is 11.3 Å². The highest BCUT2D eigenvalue weighted by molar-refractivity contribution is 7.92. The van der Waals surface area contributed by atoms with E-state index in [-0.39, 0.29) is 22.3 Å². The number of carbonyl (C=O) groups is 1. The summed E-state index contributed by atoms with van der Waals surface area (Å²) in [6.07, 6.45) is 3.53. The number of amides is 1. The third-order valence-electron chi connectivity index (χ3n) is 5.43. The van der Waals surface area contributed by atoms with Crippen molar-refractivity contribution in [2.45, 2.75) is 49.3 Å². The van der Waals surface area contributed by atoms with Gasteiger partial charge in [0, 0.05) is 4.88 Å². The van der Waals surface area contributed by atoms with Gasteiger partial charge in [0.25, 0.3) is 5.91 Å². The van der Waals surface area contributed by atoms with Crippen LogP contribution in [0.5, 0.6) is 5.75 Å². The first-order valence-corrected chi connectivity index (χ1v) is 12.6. The topological polar surface area (TPSA) is 72.5 Å². The van der Waals surface area contributed by atoms with Crippen molar-refractivity contribution in [3.8, 4) is 5.75 Å². The number of nitrogens with one attached hydrogen (secondary N) is 1. The van der Waals surface area contributed by atoms with Gasteiger partial charge in [0.2, 0.25) is 9.84 Å². The molecule has 1 N–H and O–H groups in total. The number of anilines is 1. The molecular formula is C24H25NO4S2. The van der Waals surface area contributed by atoms with Gasteiger partial charge in [-0.2, -0.15) is 0 Å². The molecule has 31 heavy (non-hydrogen) atoms. The van der Waals surface area contributed by atoms with Gasteiger partial charge in [0.1, 0.15) is 15.6 Å². The minimum atomic E-state index is -3.75. The average Bonchev–Trinajstić information content (AvgIpc) is 3.12. The number of hydrogen-bond donors (Lipinski definition) is 1. The molecule has 162 valence electrons. The van der Waals surface area contributed by atoms with E-state index in [0.717, 1.165) is 40.8 Å². The molecule has 0 atom stereocenters. The Hall–Kier alpha value is -2.64. The molecule has 0 saturated carbocycles. The summed E-state index contributed by atoms with van der Waals surface area (Å²) in [7, 11) is -3.75. The maximum atomic E-state index is 13.5. The Labute approximate surface area is 187 Å². The first-order chi connectivity index (χ1) is 14.9. The van der Waals surface area contributed by atoms with Gasteiger partial charge in [0.15, 0.2) is 6.61 Å². The normalized spacial score (nSPS) is 13.5. The van der Waals surface area contributed by atoms with E-state index >= 15 is 0 Å². The quantitative estimate of drug-likeness (QED) is 0.562. The Balaban J connectivity index is 1.63. The zero-order chi connectivity index (χ0) is 22.0. The Bertz CT molecular complexity index is 1210. The number of aryl methyl sites for hydroxylation is 3. The average molecular weight is 456 g/mol. The molecule has 0 saturated heterocycles. The van der Waals surface area contributed by atoms with Crippen LogP contribution in [0.4, 0.5) is 5.00 Å². The molecule has 1 amide bonds. The largest absolute Gasteiger partial charge is 0.483 e. The predicted molar refractivity (Wildman–Crippen MR) is 123 cm³/mol. The highest BCUT2D eigenvalue weighted by atomic mass is 32.2. The SMILES string of the molecule is Cc1ccc(S(=O)(=O)c2c(NC(=O)COc3ccccc3C)sc3c2CCCC3)cc1. The van der Waals surface area contributed by atoms with Crippen molar-refractivity contribution in [1.29, 1.82) is 0 Å². The van der Waals surface area contributed by atoms with Crippen molar-refractivity contribution in [1.82, 2.24) is 0 Å². The Morgan fingerprint density at radius 3 is 2.48 bits per heavy atom. The first-order valence-electron chi connectivity index (χ1n) is 10.3. The van der Waals surface area contributed by atoms with Crippen LogP contribution in [-0.2, 0) is 27.5 Å². The van der Waals surface area contributed by atoms with Gasteiger partial charge in [-0.25, -0.2) is 8.42 Å². The molecule has 0 fully saturated rings. The minimum Gasteiger partial charge on any atom is -0.483 e. The summed E-state index contributed by atoms with van der Waals surface area (Å²) < 4.78 is 32.7. The van der Waals surface area contributed by atoms with Crippen LogP contribution in [0.1, 0.15) is 34.4 Å². The second-order valence-electron chi connectivity index (χ2n) is 7.79. The van der Waals surface area contributed by atoms with Crippen molar-refractivity contribution >= 4 is 32.1 Å². The lowest BCUT2D eigenvalue weighted by Gasteiger charge is -2.14. The van der Waals surface area contributed by atoms with E-state index in [1.54, 1.807) is 30.3 Å². The number of benzene rings is 2. The summed E-state index contributed by atoms with van der Waals surface area (Å²) >= 11 is 1.37. The van der Waals surface area contributed by atoms with E-state index in [9.17, 15) is 13.2 Å². The van der Waals surface area contributed by atoms with E-state index in [1.807, 2.05) is 32.0 Å². The summed E-state index contributed by atoms with van der Waals surface area (Å²) in [6.45, 7) is 3.65. The smallest absolute Gasteiger partial charge is 0.262 e. The highest BCUT2D eigenvalue weighted by Crippen LogP contribution is 2.43. The summed E-state index contributed by atoms with van der Waals surface area (Å²) in [5.41, 5.74) is 2.78. The van der Waals surface area contributed by atoms with Crippen molar-refractivity contribution in [2.75, 3.05) is 11.9 Å². The van der Waals surface area contributed by atoms with Crippen molar-refractivity contribution in [3.63, 3.8) is 0 Å². The fourth-order valence-corrected chi connectivity index (χ4v) is 7.06. The molecule has 3 aromatic rings. The molecule has 1 aromatic heterocycles. The Kier molecular flexibility index (Phi) is 6.16. The zero-order valence-electron chi connectivity index (χ0n) is 17.6. The molecule has 0 bridgehead atoms. The lowest BCUT2D eigenvalue weighted by molar-refractivity contribution is -0.118. The lowest BCUT2D eigenvalue weighted by atomic mass is 9.99. The second-order valence-corrected chi connectivity index (χ2v) is 10.8. The molecule has 4 rings (SSSR count). The van der Waals surface area contributed by atoms with Crippen LogP contribution in [0.25, 0.3) is 0 Å². The number of ether oxygens (including phenoxy) is 1. The number of para-hydroxylation sites is 1. The molecule has 2 aromatic carbocycles. The molecule has 1 heterocycles. The van der Waals surface area contributed by atoms with Crippen molar-refractivity contribution in [2.24, 2.45) is 0 Å². The molecule has 1 aliphatic rings. The Morgan fingerprint density at radius 2 is 1.74 bits per heavy atom. The van der Waals surface area contributed by atoms with E-state index in [4.69, 9.17) is 4.74 Å². The van der Waals surface area contributed by atoms with E-state index in [0.29, 0.717) is 17.2 Å². The van der Waals surface area contributed by atoms with Crippen molar-refractivity contribution < 1.29 is 17.9 Å². The number of rotatable bonds is 6. The number of carbonyl (C=O) groups excluding carboxylic acids is 1. The Morgan fingerprint density at radius 1 is 1.03 bits per heavy atom. The molecule has 0 radical (unpaired) electrons. The number of sulfone groups is 1. The third kappa shape index (κ3) is 4.52. The fraction of sp³-hybridized carbons (Fsp3) is 0.292. The van der Waals surface area contributed by atoms with Crippen LogP contribution in [0.2, 0.25) is 0 Å². The summed E-state index contributed by atoms with van der Waals surface area (Å²) in [5.74, 6) is 0.262. The standard InChI is InChI=1S/C24H25NO4S2/c1-16-11-13-18(14-12-16)31(27,28)23-19-8-4-6-10-21(19)30-24(23)25-22(26)15-29-20-9-5-3-7-17(20)2/h3,5,7,9,11-14H,4,6,8,10,15H2,1-2H3,(H,25,26). The third-order valence-corrected chi connectivity index (χ3v) is 8.65. The highest BCUT2D eigenvalue weighted by Gasteiger charge is 2.31. The summed E-state index contributed by atoms with van der Waals surface area (Å²) in [5, 5.41) is 3.21. The van der Waals surface area contributed by atoms with Gasteiger partial charge in [-0.15, -0.1) is 11.3 Å². The number of hydrogen-bond acceptors (Lipinski definition) is 5. The van der Waals surface area contributed by atoms with Crippen LogP contribution in [0, 0.1) is 13.8 Å². The predicted octanol–water partition coefficient (Wildman–Crippen LogP) is 5.09. The van der Waals surface area contributed by atoms with E-state index in [2.05, 4.69) is 5.32 Å². The maximum absolute atomic E-state index is 13.5. The molecule has 0 spiro atoms. The monoisotopic (exact) mass is 455 g/mol. The fourth-order valence-electron chi connectivity index (χ4n) is 3.76. The van der Waals surface area contributed by atoms with Gasteiger partial charge in [-0.05, 0) is 68.9 Å². The number of thiophene rings is 1. The van der Waals surface area contributed by atoms with Gasteiger partial charge >= 0.3 is 0 Å². The van der Waals surface area contributed by atoms with Crippen LogP contribution in [0.15, 0.2) is 58.3 Å². The molecule has 7 heteroatoms. The molecular weight excluding hydrogens is 430 g/mol. The van der Waals surface area contributed by atoms with Crippen LogP contribution in [-0.4, -0.2) is 20.9 Å². The van der Waals surface area contributed by atoms with Crippen LogP contribution in [0.3, 0.4) is 0 Å². The first kappa shape index (κ1) is 21.6. The van der Waals surface area contributed by atoms with Gasteiger partial charge in [-0.3, -0.25) is 4.79 Å². The molecule has 0 aliphatic heterocycles. The van der Waals surface area contributed by atoms with E-state index < -0.39 is 9.84 Å². The lowest BCUT2D eigenvalue weighted by Crippen LogP contribution is -2.21. The van der Waals surface area contributed by atoms with Gasteiger partial charge < -0.3 is 10.1 Å². The molecule has 1 aliphatic carbocycles. The van der Waals surface area contributed by atoms with Gasteiger partial charge in [-0.1, -0.05) is 35.9 Å². The van der Waals surface area contributed by atoms with Crippen LogP contribution < -0.4 is 10.1 Å². The van der Waals surface area contributed by atoms with Crippen molar-refractivity contribution in [3.05, 3.63) is 70.1 Å². The number of fused-ring (bicyclic) bond motifs is 1. The molecule has 0 unspecified atom stereocenters. The van der Waals surface area contributed by atoms with Gasteiger partial charge in [0.05, 0.1) is 4.90 Å². The second kappa shape index (κ2) is 8.85.